The van der Waals surface area contributed by atoms with Crippen LogP contribution in [0.3, 0.4) is 0 Å². The summed E-state index contributed by atoms with van der Waals surface area (Å²) in [5, 5.41) is 3.72. The maximum absolute atomic E-state index is 11.6. The average Bonchev–Trinajstić information content (AvgIpc) is 2.95. The van der Waals surface area contributed by atoms with Crippen LogP contribution in [0.4, 0.5) is 5.00 Å². The zero-order valence-corrected chi connectivity index (χ0v) is 10.9. The normalized spacial score (nSPS) is 10.3. The second-order valence-electron chi connectivity index (χ2n) is 3.47. The lowest BCUT2D eigenvalue weighted by Gasteiger charge is -2.03. The predicted octanol–water partition coefficient (Wildman–Crippen LogP) is 2.23. The number of aryl methyl sites for hydroxylation is 1. The van der Waals surface area contributed by atoms with Gasteiger partial charge < -0.3 is 14.5 Å². The van der Waals surface area contributed by atoms with Crippen LogP contribution < -0.4 is 5.32 Å². The topological polar surface area (TPSA) is 77.2 Å². The number of hydrogen-bond acceptors (Lipinski definition) is 7. The molecule has 0 saturated heterocycles. The van der Waals surface area contributed by atoms with E-state index in [1.165, 1.54) is 11.3 Å². The number of nitrogens with one attached hydrogen (secondary N) is 1. The Balaban J connectivity index is 2.01. The van der Waals surface area contributed by atoms with Crippen molar-refractivity contribution >= 4 is 22.3 Å². The molecule has 2 aromatic rings. The summed E-state index contributed by atoms with van der Waals surface area (Å²) >= 11 is 1.34. The molecular formula is C11H13N3O3S. The molecule has 0 unspecified atom stereocenters. The summed E-state index contributed by atoms with van der Waals surface area (Å²) in [4.78, 5) is 19.6. The number of esters is 1. The lowest BCUT2D eigenvalue weighted by atomic mass is 10.4. The number of thiazole rings is 1. The Hall–Kier alpha value is -1.89. The number of aromatic nitrogens is 2. The van der Waals surface area contributed by atoms with Crippen molar-refractivity contribution in [3.63, 3.8) is 0 Å². The quantitative estimate of drug-likeness (QED) is 0.837. The van der Waals surface area contributed by atoms with Gasteiger partial charge >= 0.3 is 5.97 Å². The molecule has 2 heterocycles. The van der Waals surface area contributed by atoms with Crippen LogP contribution >= 0.6 is 11.3 Å². The third kappa shape index (κ3) is 2.86. The zero-order chi connectivity index (χ0) is 13.0. The first-order chi connectivity index (χ1) is 8.70. The molecule has 96 valence electrons. The summed E-state index contributed by atoms with van der Waals surface area (Å²) in [5.41, 5.74) is 1.89. The van der Waals surface area contributed by atoms with Crippen molar-refractivity contribution in [3.8, 4) is 0 Å². The Bertz CT molecular complexity index is 535. The smallest absolute Gasteiger partial charge is 0.360 e. The highest BCUT2D eigenvalue weighted by atomic mass is 32.1. The van der Waals surface area contributed by atoms with Crippen LogP contribution in [0.5, 0.6) is 0 Å². The number of carbonyl (C=O) groups is 1. The third-order valence-electron chi connectivity index (χ3n) is 2.11. The van der Waals surface area contributed by atoms with E-state index in [9.17, 15) is 4.79 Å². The number of anilines is 1. The Morgan fingerprint density at radius 2 is 2.39 bits per heavy atom. The van der Waals surface area contributed by atoms with Crippen molar-refractivity contribution in [3.05, 3.63) is 29.1 Å². The monoisotopic (exact) mass is 267 g/mol. The molecule has 6 nitrogen and oxygen atoms in total. The maximum atomic E-state index is 11.6. The van der Waals surface area contributed by atoms with E-state index in [4.69, 9.17) is 9.15 Å². The Kier molecular flexibility index (Phi) is 3.93. The molecule has 0 amide bonds. The summed E-state index contributed by atoms with van der Waals surface area (Å²) < 4.78 is 10.2. The first-order valence-electron chi connectivity index (χ1n) is 5.46. The first kappa shape index (κ1) is 12.6. The van der Waals surface area contributed by atoms with Crippen LogP contribution in [0.25, 0.3) is 0 Å². The predicted molar refractivity (Wildman–Crippen MR) is 66.6 cm³/mol. The first-order valence-corrected chi connectivity index (χ1v) is 6.34. The van der Waals surface area contributed by atoms with Gasteiger partial charge in [-0.1, -0.05) is 0 Å². The molecule has 0 aromatic carbocycles. The van der Waals surface area contributed by atoms with Crippen LogP contribution in [0.2, 0.25) is 0 Å². The van der Waals surface area contributed by atoms with E-state index in [-0.39, 0.29) is 0 Å². The van der Waals surface area contributed by atoms with Gasteiger partial charge in [0, 0.05) is 0 Å². The van der Waals surface area contributed by atoms with Crippen molar-refractivity contribution < 1.29 is 13.9 Å². The molecule has 7 heteroatoms. The number of oxazole rings is 1. The molecule has 0 aliphatic carbocycles. The van der Waals surface area contributed by atoms with Crippen molar-refractivity contribution in [2.75, 3.05) is 11.9 Å². The van der Waals surface area contributed by atoms with Crippen LogP contribution in [0, 0.1) is 6.92 Å². The highest BCUT2D eigenvalue weighted by molar-refractivity contribution is 7.14. The van der Waals surface area contributed by atoms with Crippen molar-refractivity contribution in [1.29, 1.82) is 0 Å². The van der Waals surface area contributed by atoms with Crippen LogP contribution in [-0.4, -0.2) is 22.5 Å². The van der Waals surface area contributed by atoms with Gasteiger partial charge in [-0.05, 0) is 13.8 Å². The molecule has 2 aromatic heterocycles. The summed E-state index contributed by atoms with van der Waals surface area (Å²) in [6.07, 6.45) is 1.65. The second kappa shape index (κ2) is 5.63. The molecule has 0 radical (unpaired) electrons. The number of rotatable bonds is 5. The SMILES string of the molecule is CCOC(=O)c1ncsc1NCc1ncc(C)o1. The van der Waals surface area contributed by atoms with Gasteiger partial charge in [0.05, 0.1) is 24.9 Å². The maximum Gasteiger partial charge on any atom is 0.360 e. The minimum absolute atomic E-state index is 0.296. The lowest BCUT2D eigenvalue weighted by Crippen LogP contribution is -2.09. The number of hydrogen-bond donors (Lipinski definition) is 1. The van der Waals surface area contributed by atoms with Crippen molar-refractivity contribution in [2.24, 2.45) is 0 Å². The van der Waals surface area contributed by atoms with E-state index in [2.05, 4.69) is 15.3 Å². The van der Waals surface area contributed by atoms with Crippen LogP contribution in [-0.2, 0) is 11.3 Å². The Morgan fingerprint density at radius 3 is 3.06 bits per heavy atom. The van der Waals surface area contributed by atoms with Gasteiger partial charge in [-0.25, -0.2) is 14.8 Å². The number of nitrogens with zero attached hydrogens (tertiary/aromatic N) is 2. The van der Waals surface area contributed by atoms with Gasteiger partial charge in [-0.3, -0.25) is 0 Å². The van der Waals surface area contributed by atoms with Gasteiger partial charge in [0.25, 0.3) is 0 Å². The number of carbonyl (C=O) groups excluding carboxylic acids is 1. The summed E-state index contributed by atoms with van der Waals surface area (Å²) in [7, 11) is 0. The largest absolute Gasteiger partial charge is 0.461 e. The van der Waals surface area contributed by atoms with Gasteiger partial charge in [-0.15, -0.1) is 11.3 Å². The molecular weight excluding hydrogens is 254 g/mol. The minimum Gasteiger partial charge on any atom is -0.461 e. The summed E-state index contributed by atoms with van der Waals surface area (Å²) in [5.74, 6) is 0.891. The van der Waals surface area contributed by atoms with Gasteiger partial charge in [-0.2, -0.15) is 0 Å². The molecule has 0 aliphatic rings. The van der Waals surface area contributed by atoms with E-state index in [1.807, 2.05) is 6.92 Å². The van der Waals surface area contributed by atoms with E-state index in [1.54, 1.807) is 18.6 Å². The third-order valence-corrected chi connectivity index (χ3v) is 2.89. The van der Waals surface area contributed by atoms with E-state index < -0.39 is 5.97 Å². The van der Waals surface area contributed by atoms with Crippen molar-refractivity contribution in [2.45, 2.75) is 20.4 Å². The van der Waals surface area contributed by atoms with E-state index >= 15 is 0 Å². The molecule has 0 fully saturated rings. The fourth-order valence-electron chi connectivity index (χ4n) is 1.36. The minimum atomic E-state index is -0.426. The molecule has 2 rings (SSSR count). The Labute approximate surface area is 108 Å². The van der Waals surface area contributed by atoms with Crippen LogP contribution in [0.1, 0.15) is 29.1 Å². The summed E-state index contributed by atoms with van der Waals surface area (Å²) in [6, 6.07) is 0. The van der Waals surface area contributed by atoms with E-state index in [0.717, 1.165) is 5.76 Å². The Morgan fingerprint density at radius 1 is 1.56 bits per heavy atom. The van der Waals surface area contributed by atoms with Crippen molar-refractivity contribution in [1.82, 2.24) is 9.97 Å². The molecule has 1 N–H and O–H groups in total. The molecule has 0 spiro atoms. The van der Waals surface area contributed by atoms with E-state index in [0.29, 0.717) is 29.7 Å². The fourth-order valence-corrected chi connectivity index (χ4v) is 2.02. The molecule has 0 saturated carbocycles. The molecule has 0 bridgehead atoms. The zero-order valence-electron chi connectivity index (χ0n) is 10.1. The fraction of sp³-hybridized carbons (Fsp3) is 0.364. The highest BCUT2D eigenvalue weighted by Gasteiger charge is 2.16. The molecule has 0 atom stereocenters. The molecule has 18 heavy (non-hydrogen) atoms. The van der Waals surface area contributed by atoms with Gasteiger partial charge in [0.1, 0.15) is 10.8 Å². The lowest BCUT2D eigenvalue weighted by molar-refractivity contribution is 0.0521. The highest BCUT2D eigenvalue weighted by Crippen LogP contribution is 2.21. The van der Waals surface area contributed by atoms with Gasteiger partial charge in [0.2, 0.25) is 5.89 Å². The van der Waals surface area contributed by atoms with Gasteiger partial charge in [0.15, 0.2) is 5.69 Å². The second-order valence-corrected chi connectivity index (χ2v) is 4.32. The average molecular weight is 267 g/mol. The summed E-state index contributed by atoms with van der Waals surface area (Å²) in [6.45, 7) is 4.32. The molecule has 0 aliphatic heterocycles. The standard InChI is InChI=1S/C11H13N3O3S/c1-3-16-11(15)9-10(18-6-14-9)13-5-8-12-4-7(2)17-8/h4,6,13H,3,5H2,1-2H3. The number of ether oxygens (including phenoxy) is 1. The van der Waals surface area contributed by atoms with Crippen LogP contribution in [0.15, 0.2) is 16.1 Å².